The summed E-state index contributed by atoms with van der Waals surface area (Å²) in [6.45, 7) is 8.46. The molecule has 1 aromatic heterocycles. The molecule has 0 radical (unpaired) electrons. The number of hydrogen-bond donors (Lipinski definition) is 2. The second kappa shape index (κ2) is 8.73. The van der Waals surface area contributed by atoms with E-state index in [-0.39, 0.29) is 12.5 Å². The first-order valence-corrected chi connectivity index (χ1v) is 8.25. The third-order valence-electron chi connectivity index (χ3n) is 2.63. The molecule has 1 aromatic rings. The van der Waals surface area contributed by atoms with Gasteiger partial charge in [0.1, 0.15) is 12.1 Å². The number of nitrogens with one attached hydrogen (secondary N) is 2. The van der Waals surface area contributed by atoms with Crippen LogP contribution in [0.3, 0.4) is 0 Å². The molecule has 0 bridgehead atoms. The molecule has 0 aliphatic heterocycles. The highest BCUT2D eigenvalue weighted by Crippen LogP contribution is 2.13. The molecular weight excluding hydrogens is 300 g/mol. The maximum atomic E-state index is 11.6. The lowest BCUT2D eigenvalue weighted by atomic mass is 10.2. The van der Waals surface area contributed by atoms with Crippen LogP contribution >= 0.6 is 11.3 Å². The van der Waals surface area contributed by atoms with Crippen LogP contribution in [0.25, 0.3) is 0 Å². The zero-order valence-electron chi connectivity index (χ0n) is 14.0. The fraction of sp³-hybridized carbons (Fsp3) is 0.667. The lowest BCUT2D eigenvalue weighted by molar-refractivity contribution is -0.153. The largest absolute Gasteiger partial charge is 0.459 e. The first kappa shape index (κ1) is 18.4. The van der Waals surface area contributed by atoms with Gasteiger partial charge in [-0.15, -0.1) is 11.3 Å². The van der Waals surface area contributed by atoms with Gasteiger partial charge in [0.2, 0.25) is 0 Å². The summed E-state index contributed by atoms with van der Waals surface area (Å²) >= 11 is 1.73. The van der Waals surface area contributed by atoms with E-state index in [1.165, 1.54) is 4.88 Å². The normalized spacial score (nSPS) is 12.1. The van der Waals surface area contributed by atoms with Gasteiger partial charge in [-0.2, -0.15) is 0 Å². The van der Waals surface area contributed by atoms with Gasteiger partial charge in [-0.1, -0.05) is 6.92 Å². The van der Waals surface area contributed by atoms with Gasteiger partial charge >= 0.3 is 5.97 Å². The summed E-state index contributed by atoms with van der Waals surface area (Å²) in [5.74, 6) is 0.279. The Kier molecular flexibility index (Phi) is 7.31. The molecular formula is C15H26N4O2S. The number of rotatable bonds is 6. The minimum absolute atomic E-state index is 0.0914. The van der Waals surface area contributed by atoms with Crippen molar-refractivity contribution in [2.45, 2.75) is 46.1 Å². The second-order valence-corrected chi connectivity index (χ2v) is 6.96. The van der Waals surface area contributed by atoms with E-state index in [0.29, 0.717) is 12.5 Å². The summed E-state index contributed by atoms with van der Waals surface area (Å²) in [6, 6.07) is 0. The van der Waals surface area contributed by atoms with Gasteiger partial charge in [0.25, 0.3) is 0 Å². The number of aryl methyl sites for hydroxylation is 1. The molecule has 6 nitrogen and oxygen atoms in total. The third kappa shape index (κ3) is 7.40. The fourth-order valence-electron chi connectivity index (χ4n) is 1.67. The molecule has 0 unspecified atom stereocenters. The van der Waals surface area contributed by atoms with Crippen LogP contribution in [0.2, 0.25) is 0 Å². The number of carbonyl (C=O) groups is 1. The summed E-state index contributed by atoms with van der Waals surface area (Å²) < 4.78 is 5.23. The number of nitrogens with zero attached hydrogens (tertiary/aromatic N) is 2. The highest BCUT2D eigenvalue weighted by atomic mass is 32.1. The number of esters is 1. The van der Waals surface area contributed by atoms with Crippen LogP contribution < -0.4 is 10.6 Å². The van der Waals surface area contributed by atoms with Crippen molar-refractivity contribution in [3.63, 3.8) is 0 Å². The molecule has 2 N–H and O–H groups in total. The number of carbonyl (C=O) groups excluding carboxylic acids is 1. The molecule has 22 heavy (non-hydrogen) atoms. The quantitative estimate of drug-likeness (QED) is 0.473. The van der Waals surface area contributed by atoms with E-state index in [2.05, 4.69) is 27.5 Å². The van der Waals surface area contributed by atoms with E-state index in [9.17, 15) is 4.79 Å². The van der Waals surface area contributed by atoms with Crippen LogP contribution in [0.15, 0.2) is 11.2 Å². The Morgan fingerprint density at radius 3 is 2.68 bits per heavy atom. The van der Waals surface area contributed by atoms with Crippen LogP contribution in [0, 0.1) is 0 Å². The smallest absolute Gasteiger partial charge is 0.325 e. The number of guanidine groups is 1. The predicted octanol–water partition coefficient (Wildman–Crippen LogP) is 1.75. The Labute approximate surface area is 136 Å². The van der Waals surface area contributed by atoms with Gasteiger partial charge in [-0.05, 0) is 27.2 Å². The molecule has 1 heterocycles. The zero-order valence-corrected chi connectivity index (χ0v) is 14.8. The lowest BCUT2D eigenvalue weighted by Gasteiger charge is -2.20. The topological polar surface area (TPSA) is 75.6 Å². The van der Waals surface area contributed by atoms with Crippen LogP contribution in [0.1, 0.15) is 37.6 Å². The molecule has 0 atom stereocenters. The summed E-state index contributed by atoms with van der Waals surface area (Å²) in [6.07, 6.45) is 3.78. The monoisotopic (exact) mass is 326 g/mol. The Morgan fingerprint density at radius 2 is 2.14 bits per heavy atom. The van der Waals surface area contributed by atoms with Crippen molar-refractivity contribution in [2.75, 3.05) is 20.1 Å². The van der Waals surface area contributed by atoms with Crippen molar-refractivity contribution >= 4 is 23.3 Å². The van der Waals surface area contributed by atoms with E-state index in [1.807, 2.05) is 27.0 Å². The molecule has 0 fully saturated rings. The molecule has 0 aliphatic rings. The molecule has 0 aromatic carbocycles. The first-order valence-electron chi connectivity index (χ1n) is 7.44. The fourth-order valence-corrected chi connectivity index (χ4v) is 2.53. The summed E-state index contributed by atoms with van der Waals surface area (Å²) in [4.78, 5) is 21.4. The van der Waals surface area contributed by atoms with Gasteiger partial charge in [-0.25, -0.2) is 4.98 Å². The number of ether oxygens (including phenoxy) is 1. The van der Waals surface area contributed by atoms with Crippen molar-refractivity contribution in [2.24, 2.45) is 4.99 Å². The van der Waals surface area contributed by atoms with Crippen LogP contribution in [-0.2, 0) is 22.4 Å². The first-order chi connectivity index (χ1) is 10.3. The van der Waals surface area contributed by atoms with Crippen molar-refractivity contribution in [3.05, 3.63) is 16.1 Å². The van der Waals surface area contributed by atoms with Crippen LogP contribution in [0.4, 0.5) is 0 Å². The Bertz CT molecular complexity index is 506. The lowest BCUT2D eigenvalue weighted by Crippen LogP contribution is -2.42. The van der Waals surface area contributed by atoms with Crippen molar-refractivity contribution in [1.29, 1.82) is 0 Å². The van der Waals surface area contributed by atoms with Gasteiger partial charge in [-0.3, -0.25) is 9.79 Å². The molecule has 0 aliphatic carbocycles. The molecule has 0 amide bonds. The molecule has 0 saturated heterocycles. The predicted molar refractivity (Wildman–Crippen MR) is 90.4 cm³/mol. The molecule has 0 saturated carbocycles. The highest BCUT2D eigenvalue weighted by molar-refractivity contribution is 7.11. The van der Waals surface area contributed by atoms with Crippen molar-refractivity contribution < 1.29 is 9.53 Å². The van der Waals surface area contributed by atoms with Gasteiger partial charge < -0.3 is 15.4 Å². The van der Waals surface area contributed by atoms with Crippen LogP contribution in [-0.4, -0.2) is 42.7 Å². The second-order valence-electron chi connectivity index (χ2n) is 5.76. The Morgan fingerprint density at radius 1 is 1.41 bits per heavy atom. The van der Waals surface area contributed by atoms with E-state index in [1.54, 1.807) is 18.4 Å². The molecule has 1 rings (SSSR count). The van der Waals surface area contributed by atoms with Gasteiger partial charge in [0, 0.05) is 31.1 Å². The van der Waals surface area contributed by atoms with E-state index in [4.69, 9.17) is 4.74 Å². The van der Waals surface area contributed by atoms with Gasteiger partial charge in [0.15, 0.2) is 5.96 Å². The summed E-state index contributed by atoms with van der Waals surface area (Å²) in [5.41, 5.74) is -0.475. The highest BCUT2D eigenvalue weighted by Gasteiger charge is 2.16. The van der Waals surface area contributed by atoms with E-state index < -0.39 is 5.60 Å². The third-order valence-corrected chi connectivity index (χ3v) is 3.83. The maximum absolute atomic E-state index is 11.6. The summed E-state index contributed by atoms with van der Waals surface area (Å²) in [7, 11) is 1.67. The van der Waals surface area contributed by atoms with Crippen LogP contribution in [0.5, 0.6) is 0 Å². The Balaban J connectivity index is 2.29. The summed E-state index contributed by atoms with van der Waals surface area (Å²) in [5, 5.41) is 7.21. The SMILES string of the molecule is CCc1cnc(CCNC(=NC)NCC(=O)OC(C)(C)C)s1. The van der Waals surface area contributed by atoms with E-state index in [0.717, 1.165) is 17.8 Å². The number of hydrogen-bond acceptors (Lipinski definition) is 5. The Hall–Kier alpha value is -1.63. The van der Waals surface area contributed by atoms with E-state index >= 15 is 0 Å². The van der Waals surface area contributed by atoms with Crippen molar-refractivity contribution in [1.82, 2.24) is 15.6 Å². The average molecular weight is 326 g/mol. The standard InChI is InChI=1S/C15H26N4O2S/c1-6-11-9-18-12(22-11)7-8-17-14(16-5)19-10-13(20)21-15(2,3)4/h9H,6-8,10H2,1-5H3,(H2,16,17,19). The minimum atomic E-state index is -0.475. The number of aliphatic imine (C=N–C) groups is 1. The van der Waals surface area contributed by atoms with Gasteiger partial charge in [0.05, 0.1) is 5.01 Å². The maximum Gasteiger partial charge on any atom is 0.325 e. The average Bonchev–Trinajstić information content (AvgIpc) is 2.88. The molecule has 124 valence electrons. The number of aromatic nitrogens is 1. The molecule has 7 heteroatoms. The zero-order chi connectivity index (χ0) is 16.6. The molecule has 0 spiro atoms. The number of thiazole rings is 1. The minimum Gasteiger partial charge on any atom is -0.459 e. The van der Waals surface area contributed by atoms with Crippen molar-refractivity contribution in [3.8, 4) is 0 Å².